The lowest BCUT2D eigenvalue weighted by molar-refractivity contribution is 0.368. The van der Waals surface area contributed by atoms with Crippen LogP contribution in [0.25, 0.3) is 0 Å². The van der Waals surface area contributed by atoms with E-state index in [1.165, 1.54) is 22.3 Å². The minimum atomic E-state index is -0.239. The van der Waals surface area contributed by atoms with E-state index in [4.69, 9.17) is 0 Å². The predicted molar refractivity (Wildman–Crippen MR) is 129 cm³/mol. The van der Waals surface area contributed by atoms with Crippen molar-refractivity contribution in [1.82, 2.24) is 0 Å². The van der Waals surface area contributed by atoms with E-state index in [1.807, 2.05) is 0 Å². The standard InChI is InChI=1S/C30H32/c1-4-23(2)25-19-21-28(22-20-25)30(26-14-7-5-8-15-26,27-16-9-6-10-17-27)29-18-12-11-13-24(29)3/h5-24,29H,4H2,1-3H3. The third-order valence-corrected chi connectivity index (χ3v) is 6.92. The Labute approximate surface area is 182 Å². The van der Waals surface area contributed by atoms with Crippen molar-refractivity contribution in [3.05, 3.63) is 131 Å². The van der Waals surface area contributed by atoms with Crippen molar-refractivity contribution < 1.29 is 0 Å². The van der Waals surface area contributed by atoms with Crippen LogP contribution in [0.3, 0.4) is 0 Å². The van der Waals surface area contributed by atoms with Crippen LogP contribution in [0.5, 0.6) is 0 Å². The summed E-state index contributed by atoms with van der Waals surface area (Å²) in [5.74, 6) is 1.35. The van der Waals surface area contributed by atoms with Gasteiger partial charge < -0.3 is 0 Å². The lowest BCUT2D eigenvalue weighted by atomic mass is 9.58. The van der Waals surface area contributed by atoms with E-state index < -0.39 is 0 Å². The van der Waals surface area contributed by atoms with Gasteiger partial charge in [0.05, 0.1) is 5.41 Å². The molecule has 3 aromatic carbocycles. The molecule has 0 aliphatic heterocycles. The van der Waals surface area contributed by atoms with Crippen LogP contribution in [-0.2, 0) is 5.41 Å². The highest BCUT2D eigenvalue weighted by atomic mass is 14.5. The molecule has 0 saturated heterocycles. The normalized spacial score (nSPS) is 19.6. The van der Waals surface area contributed by atoms with Crippen LogP contribution in [-0.4, -0.2) is 0 Å². The molecule has 3 atom stereocenters. The van der Waals surface area contributed by atoms with Gasteiger partial charge in [0.1, 0.15) is 0 Å². The molecule has 0 amide bonds. The van der Waals surface area contributed by atoms with Gasteiger partial charge >= 0.3 is 0 Å². The van der Waals surface area contributed by atoms with Crippen molar-refractivity contribution in [2.75, 3.05) is 0 Å². The Morgan fingerprint density at radius 3 is 1.70 bits per heavy atom. The van der Waals surface area contributed by atoms with Gasteiger partial charge in [-0.25, -0.2) is 0 Å². The van der Waals surface area contributed by atoms with Gasteiger partial charge in [0, 0.05) is 5.92 Å². The van der Waals surface area contributed by atoms with Gasteiger partial charge in [0.2, 0.25) is 0 Å². The van der Waals surface area contributed by atoms with E-state index in [1.54, 1.807) is 0 Å². The molecule has 0 saturated carbocycles. The van der Waals surface area contributed by atoms with Gasteiger partial charge in [-0.05, 0) is 40.5 Å². The smallest absolute Gasteiger partial charge is 0.0519 e. The third-order valence-electron chi connectivity index (χ3n) is 6.92. The van der Waals surface area contributed by atoms with Crippen LogP contribution >= 0.6 is 0 Å². The molecule has 1 aliphatic rings. The fourth-order valence-electron chi connectivity index (χ4n) is 5.05. The van der Waals surface area contributed by atoms with Crippen LogP contribution in [0, 0.1) is 11.8 Å². The van der Waals surface area contributed by atoms with Crippen LogP contribution in [0.2, 0.25) is 0 Å². The predicted octanol–water partition coefficient (Wildman–Crippen LogP) is 7.91. The molecular formula is C30H32. The van der Waals surface area contributed by atoms with Gasteiger partial charge in [0.15, 0.2) is 0 Å². The molecular weight excluding hydrogens is 360 g/mol. The first kappa shape index (κ1) is 20.4. The highest BCUT2D eigenvalue weighted by Gasteiger charge is 2.44. The SMILES string of the molecule is CCC(C)c1ccc(C(c2ccccc2)(c2ccccc2)C2C=CC=CC2C)cc1. The first-order valence-electron chi connectivity index (χ1n) is 11.2. The van der Waals surface area contributed by atoms with Crippen molar-refractivity contribution in [3.63, 3.8) is 0 Å². The molecule has 3 unspecified atom stereocenters. The first-order valence-corrected chi connectivity index (χ1v) is 11.2. The summed E-state index contributed by atoms with van der Waals surface area (Å²) in [6.45, 7) is 6.92. The molecule has 0 fully saturated rings. The Morgan fingerprint density at radius 2 is 1.20 bits per heavy atom. The Hall–Kier alpha value is -2.86. The molecule has 4 rings (SSSR count). The molecule has 0 aromatic heterocycles. The largest absolute Gasteiger partial charge is 0.0811 e. The summed E-state index contributed by atoms with van der Waals surface area (Å²) >= 11 is 0. The summed E-state index contributed by atoms with van der Waals surface area (Å²) in [6.07, 6.45) is 10.3. The Balaban J connectivity index is 2.00. The molecule has 1 aliphatic carbocycles. The third kappa shape index (κ3) is 3.56. The van der Waals surface area contributed by atoms with Crippen molar-refractivity contribution >= 4 is 0 Å². The van der Waals surface area contributed by atoms with Crippen molar-refractivity contribution in [3.8, 4) is 0 Å². The zero-order chi connectivity index (χ0) is 21.0. The summed E-state index contributed by atoms with van der Waals surface area (Å²) < 4.78 is 0. The highest BCUT2D eigenvalue weighted by Crippen LogP contribution is 2.49. The molecule has 0 bridgehead atoms. The van der Waals surface area contributed by atoms with Gasteiger partial charge in [-0.1, -0.05) is 130 Å². The van der Waals surface area contributed by atoms with Crippen molar-refractivity contribution in [2.45, 2.75) is 38.5 Å². The fourth-order valence-corrected chi connectivity index (χ4v) is 5.05. The van der Waals surface area contributed by atoms with Crippen molar-refractivity contribution in [1.29, 1.82) is 0 Å². The highest BCUT2D eigenvalue weighted by molar-refractivity contribution is 5.54. The molecule has 0 spiro atoms. The summed E-state index contributed by atoms with van der Waals surface area (Å²) in [5.41, 5.74) is 5.25. The molecule has 152 valence electrons. The van der Waals surface area contributed by atoms with E-state index in [0.29, 0.717) is 17.8 Å². The van der Waals surface area contributed by atoms with Gasteiger partial charge in [-0.2, -0.15) is 0 Å². The van der Waals surface area contributed by atoms with E-state index in [-0.39, 0.29) is 5.41 Å². The maximum atomic E-state index is 2.41. The summed E-state index contributed by atoms with van der Waals surface area (Å²) in [5, 5.41) is 0. The zero-order valence-corrected chi connectivity index (χ0v) is 18.3. The second-order valence-corrected chi connectivity index (χ2v) is 8.63. The fraction of sp³-hybridized carbons (Fsp3) is 0.267. The van der Waals surface area contributed by atoms with E-state index >= 15 is 0 Å². The monoisotopic (exact) mass is 392 g/mol. The average molecular weight is 393 g/mol. The van der Waals surface area contributed by atoms with Gasteiger partial charge in [0.25, 0.3) is 0 Å². The maximum Gasteiger partial charge on any atom is 0.0519 e. The average Bonchev–Trinajstić information content (AvgIpc) is 2.82. The topological polar surface area (TPSA) is 0 Å². The van der Waals surface area contributed by atoms with Crippen molar-refractivity contribution in [2.24, 2.45) is 11.8 Å². The van der Waals surface area contributed by atoms with Crippen LogP contribution in [0.15, 0.2) is 109 Å². The minimum Gasteiger partial charge on any atom is -0.0811 e. The lowest BCUT2D eigenvalue weighted by Crippen LogP contribution is -2.40. The minimum absolute atomic E-state index is 0.239. The van der Waals surface area contributed by atoms with E-state index in [9.17, 15) is 0 Å². The quantitative estimate of drug-likeness (QED) is 0.374. The summed E-state index contributed by atoms with van der Waals surface area (Å²) in [6, 6.07) is 31.6. The van der Waals surface area contributed by atoms with Crippen LogP contribution in [0.4, 0.5) is 0 Å². The molecule has 30 heavy (non-hydrogen) atoms. The Bertz CT molecular complexity index is 953. The van der Waals surface area contributed by atoms with Crippen LogP contribution in [0.1, 0.15) is 55.4 Å². The second-order valence-electron chi connectivity index (χ2n) is 8.63. The Morgan fingerprint density at radius 1 is 0.700 bits per heavy atom. The molecule has 0 radical (unpaired) electrons. The zero-order valence-electron chi connectivity index (χ0n) is 18.3. The number of hydrogen-bond donors (Lipinski definition) is 0. The lowest BCUT2D eigenvalue weighted by Gasteiger charge is -2.44. The number of rotatable bonds is 6. The number of allylic oxidation sites excluding steroid dienone is 4. The molecule has 0 nitrogen and oxygen atoms in total. The maximum absolute atomic E-state index is 2.41. The molecule has 0 N–H and O–H groups in total. The van der Waals surface area contributed by atoms with Gasteiger partial charge in [-0.3, -0.25) is 0 Å². The molecule has 0 heterocycles. The van der Waals surface area contributed by atoms with E-state index in [2.05, 4.69) is 130 Å². The summed E-state index contributed by atoms with van der Waals surface area (Å²) in [4.78, 5) is 0. The first-order chi connectivity index (χ1) is 14.7. The van der Waals surface area contributed by atoms with Gasteiger partial charge in [-0.15, -0.1) is 0 Å². The van der Waals surface area contributed by atoms with E-state index in [0.717, 1.165) is 6.42 Å². The summed E-state index contributed by atoms with van der Waals surface area (Å²) in [7, 11) is 0. The molecule has 0 heteroatoms. The molecule has 3 aromatic rings. The second kappa shape index (κ2) is 8.88. The number of benzene rings is 3. The van der Waals surface area contributed by atoms with Crippen LogP contribution < -0.4 is 0 Å². The Kier molecular flexibility index (Phi) is 6.04. The number of hydrogen-bond acceptors (Lipinski definition) is 0.